The van der Waals surface area contributed by atoms with Gasteiger partial charge >= 0.3 is 5.97 Å². The third-order valence-corrected chi connectivity index (χ3v) is 6.50. The van der Waals surface area contributed by atoms with Crippen molar-refractivity contribution in [2.75, 3.05) is 25.6 Å². The minimum atomic E-state index is -0.459. The average Bonchev–Trinajstić information content (AvgIpc) is 3.21. The van der Waals surface area contributed by atoms with Crippen molar-refractivity contribution in [3.63, 3.8) is 0 Å². The van der Waals surface area contributed by atoms with Crippen molar-refractivity contribution in [1.29, 1.82) is 0 Å². The first-order chi connectivity index (χ1) is 17.5. The van der Waals surface area contributed by atoms with Crippen LogP contribution in [0.4, 0.5) is 5.00 Å². The maximum atomic E-state index is 12.8. The fourth-order valence-corrected chi connectivity index (χ4v) is 4.82. The van der Waals surface area contributed by atoms with Gasteiger partial charge in [-0.05, 0) is 49.6 Å². The molecule has 0 bridgehead atoms. The van der Waals surface area contributed by atoms with Gasteiger partial charge in [-0.25, -0.2) is 4.79 Å². The second-order valence-electron chi connectivity index (χ2n) is 8.11. The Kier molecular flexibility index (Phi) is 10.1. The first-order valence-corrected chi connectivity index (χ1v) is 13.0. The number of anilines is 1. The summed E-state index contributed by atoms with van der Waals surface area (Å²) < 4.78 is 16.6. The van der Waals surface area contributed by atoms with Crippen molar-refractivity contribution in [1.82, 2.24) is 0 Å². The number of rotatable bonds is 12. The monoisotopic (exact) mass is 507 g/mol. The zero-order chi connectivity index (χ0) is 25.9. The lowest BCUT2D eigenvalue weighted by Crippen LogP contribution is -2.12. The number of methoxy groups -OCH3 is 1. The maximum Gasteiger partial charge on any atom is 0.341 e. The molecule has 6 nitrogen and oxygen atoms in total. The first-order valence-electron chi connectivity index (χ1n) is 12.1. The van der Waals surface area contributed by atoms with Gasteiger partial charge in [0.15, 0.2) is 11.5 Å². The smallest absolute Gasteiger partial charge is 0.341 e. The molecule has 7 heteroatoms. The molecule has 0 radical (unpaired) electrons. The number of amides is 1. The molecule has 3 rings (SSSR count). The summed E-state index contributed by atoms with van der Waals surface area (Å²) in [5, 5.41) is 3.33. The minimum Gasteiger partial charge on any atom is -0.493 e. The zero-order valence-corrected chi connectivity index (χ0v) is 22.1. The number of carbonyl (C=O) groups excluding carboxylic acids is 2. The molecule has 0 aliphatic carbocycles. The summed E-state index contributed by atoms with van der Waals surface area (Å²) in [6.07, 6.45) is 6.37. The molecule has 0 saturated carbocycles. The Bertz CT molecular complexity index is 1200. The Morgan fingerprint density at radius 3 is 2.50 bits per heavy atom. The molecule has 0 aliphatic rings. The summed E-state index contributed by atoms with van der Waals surface area (Å²) in [6.45, 7) is 6.72. The Morgan fingerprint density at radius 1 is 1.03 bits per heavy atom. The van der Waals surface area contributed by atoms with E-state index in [0.29, 0.717) is 28.7 Å². The molecule has 1 amide bonds. The second kappa shape index (κ2) is 13.5. The number of hydrogen-bond acceptors (Lipinski definition) is 6. The number of unbranched alkanes of at least 4 members (excludes halogenated alkanes) is 2. The fraction of sp³-hybridized carbons (Fsp3) is 0.310. The first kappa shape index (κ1) is 27.0. The quantitative estimate of drug-likeness (QED) is 0.160. The molecule has 3 aromatic rings. The van der Waals surface area contributed by atoms with E-state index in [9.17, 15) is 9.59 Å². The van der Waals surface area contributed by atoms with Crippen molar-refractivity contribution >= 4 is 34.3 Å². The number of carbonyl (C=O) groups is 2. The van der Waals surface area contributed by atoms with E-state index in [1.807, 2.05) is 55.5 Å². The normalized spacial score (nSPS) is 10.9. The van der Waals surface area contributed by atoms with Crippen molar-refractivity contribution in [3.05, 3.63) is 70.6 Å². The van der Waals surface area contributed by atoms with Crippen molar-refractivity contribution < 1.29 is 23.8 Å². The van der Waals surface area contributed by atoms with Crippen LogP contribution >= 0.6 is 11.3 Å². The molecular formula is C29H33NO5S. The summed E-state index contributed by atoms with van der Waals surface area (Å²) in [5.74, 6) is 0.483. The van der Waals surface area contributed by atoms with Crippen molar-refractivity contribution in [3.8, 4) is 22.6 Å². The lowest BCUT2D eigenvalue weighted by atomic mass is 10.0. The summed E-state index contributed by atoms with van der Waals surface area (Å²) in [5.41, 5.74) is 2.84. The van der Waals surface area contributed by atoms with Crippen LogP contribution in [0.1, 0.15) is 53.9 Å². The topological polar surface area (TPSA) is 73.9 Å². The van der Waals surface area contributed by atoms with Crippen molar-refractivity contribution in [2.24, 2.45) is 0 Å². The van der Waals surface area contributed by atoms with Gasteiger partial charge in [-0.15, -0.1) is 11.3 Å². The molecular weight excluding hydrogens is 474 g/mol. The number of aryl methyl sites for hydroxylation is 1. The van der Waals surface area contributed by atoms with Gasteiger partial charge in [-0.1, -0.05) is 56.2 Å². The molecule has 0 atom stereocenters. The second-order valence-corrected chi connectivity index (χ2v) is 9.34. The Labute approximate surface area is 216 Å². The van der Waals surface area contributed by atoms with E-state index in [4.69, 9.17) is 14.2 Å². The molecule has 190 valence electrons. The molecule has 2 aromatic carbocycles. The molecule has 0 fully saturated rings. The van der Waals surface area contributed by atoms with E-state index in [0.717, 1.165) is 40.8 Å². The van der Waals surface area contributed by atoms with Gasteiger partial charge in [0.25, 0.3) is 0 Å². The van der Waals surface area contributed by atoms with Crippen molar-refractivity contribution in [2.45, 2.75) is 40.0 Å². The Hall–Kier alpha value is -3.58. The summed E-state index contributed by atoms with van der Waals surface area (Å²) in [6, 6.07) is 15.2. The van der Waals surface area contributed by atoms with Gasteiger partial charge in [0.2, 0.25) is 5.91 Å². The van der Waals surface area contributed by atoms with Crippen LogP contribution in [0.2, 0.25) is 0 Å². The third kappa shape index (κ3) is 6.98. The van der Waals surface area contributed by atoms with E-state index >= 15 is 0 Å². The fourth-order valence-electron chi connectivity index (χ4n) is 3.75. The van der Waals surface area contributed by atoms with Crippen LogP contribution in [0.15, 0.2) is 54.6 Å². The van der Waals surface area contributed by atoms with Gasteiger partial charge in [0.05, 0.1) is 20.3 Å². The van der Waals surface area contributed by atoms with Crippen LogP contribution in [0.5, 0.6) is 11.5 Å². The standard InChI is InChI=1S/C29H33NO5S/c1-5-7-11-18-35-23-16-14-21(19-24(23)33-4)15-17-25(31)30-28-27(29(32)34-6-2)26(20(3)36-28)22-12-9-8-10-13-22/h8-10,12-17,19H,5-7,11,18H2,1-4H3,(H,30,31)/b17-15+. The zero-order valence-electron chi connectivity index (χ0n) is 21.3. The van der Waals surface area contributed by atoms with E-state index in [-0.39, 0.29) is 12.5 Å². The minimum absolute atomic E-state index is 0.245. The maximum absolute atomic E-state index is 12.8. The van der Waals surface area contributed by atoms with Gasteiger partial charge in [-0.2, -0.15) is 0 Å². The van der Waals surface area contributed by atoms with Gasteiger partial charge in [-0.3, -0.25) is 4.79 Å². The summed E-state index contributed by atoms with van der Waals surface area (Å²) >= 11 is 1.36. The Morgan fingerprint density at radius 2 is 1.81 bits per heavy atom. The van der Waals surface area contributed by atoms with E-state index < -0.39 is 5.97 Å². The molecule has 0 unspecified atom stereocenters. The van der Waals surface area contributed by atoms with E-state index in [1.165, 1.54) is 17.4 Å². The highest BCUT2D eigenvalue weighted by Crippen LogP contribution is 2.40. The highest BCUT2D eigenvalue weighted by molar-refractivity contribution is 7.17. The van der Waals surface area contributed by atoms with Gasteiger partial charge < -0.3 is 19.5 Å². The highest BCUT2D eigenvalue weighted by atomic mass is 32.1. The van der Waals surface area contributed by atoms with Crippen LogP contribution in [-0.4, -0.2) is 32.2 Å². The molecule has 0 spiro atoms. The molecule has 0 saturated heterocycles. The SMILES string of the molecule is CCCCCOc1ccc(/C=C/C(=O)Nc2sc(C)c(-c3ccccc3)c2C(=O)OCC)cc1OC. The predicted molar refractivity (Wildman–Crippen MR) is 146 cm³/mol. The van der Waals surface area contributed by atoms with E-state index in [2.05, 4.69) is 12.2 Å². The van der Waals surface area contributed by atoms with E-state index in [1.54, 1.807) is 20.1 Å². The highest BCUT2D eigenvalue weighted by Gasteiger charge is 2.25. The van der Waals surface area contributed by atoms with Crippen LogP contribution < -0.4 is 14.8 Å². The molecule has 0 aliphatic heterocycles. The number of benzene rings is 2. The molecule has 1 heterocycles. The lowest BCUT2D eigenvalue weighted by molar-refractivity contribution is -0.111. The number of nitrogens with one attached hydrogen (secondary N) is 1. The number of ether oxygens (including phenoxy) is 3. The molecule has 36 heavy (non-hydrogen) atoms. The van der Waals surface area contributed by atoms with Gasteiger partial charge in [0.1, 0.15) is 10.6 Å². The third-order valence-electron chi connectivity index (χ3n) is 5.48. The molecule has 1 N–H and O–H groups in total. The van der Waals surface area contributed by atoms with Gasteiger partial charge in [0, 0.05) is 16.5 Å². The van der Waals surface area contributed by atoms with Crippen LogP contribution in [-0.2, 0) is 9.53 Å². The lowest BCUT2D eigenvalue weighted by Gasteiger charge is -2.11. The number of hydrogen-bond donors (Lipinski definition) is 1. The van der Waals surface area contributed by atoms with Crippen LogP contribution in [0.25, 0.3) is 17.2 Å². The summed E-state index contributed by atoms with van der Waals surface area (Å²) in [4.78, 5) is 26.6. The number of thiophene rings is 1. The molecule has 1 aromatic heterocycles. The predicted octanol–water partition coefficient (Wildman–Crippen LogP) is 7.13. The summed E-state index contributed by atoms with van der Waals surface area (Å²) in [7, 11) is 1.59. The van der Waals surface area contributed by atoms with Crippen LogP contribution in [0, 0.1) is 6.92 Å². The average molecular weight is 508 g/mol. The van der Waals surface area contributed by atoms with Crippen LogP contribution in [0.3, 0.4) is 0 Å². The Balaban J connectivity index is 1.78. The largest absolute Gasteiger partial charge is 0.493 e. The number of esters is 1.